The van der Waals surface area contributed by atoms with Crippen molar-refractivity contribution in [3.05, 3.63) is 64.7 Å². The van der Waals surface area contributed by atoms with Crippen molar-refractivity contribution in [2.75, 3.05) is 25.0 Å². The Morgan fingerprint density at radius 1 is 1.15 bits per heavy atom. The lowest BCUT2D eigenvalue weighted by atomic mass is 9.94. The van der Waals surface area contributed by atoms with Gasteiger partial charge in [0.25, 0.3) is 5.91 Å². The second kappa shape index (κ2) is 13.2. The number of carbonyl (C=O) groups is 2. The normalized spacial score (nSPS) is 16.7. The van der Waals surface area contributed by atoms with Gasteiger partial charge in [-0.3, -0.25) is 9.59 Å². The number of halogens is 3. The SMILES string of the molecule is CC(NC(=O)c1cc(CCC2CCCN(C(=O)CO)CC2)ncn1)c1cnc(Nc2ccc(C(F)(F)F)cc2)s1. The molecule has 1 aromatic carbocycles. The average molecular weight is 577 g/mol. The largest absolute Gasteiger partial charge is 0.416 e. The monoisotopic (exact) mass is 576 g/mol. The molecule has 2 aromatic heterocycles. The predicted octanol–water partition coefficient (Wildman–Crippen LogP) is 4.74. The second-order valence-corrected chi connectivity index (χ2v) is 10.8. The van der Waals surface area contributed by atoms with Crippen molar-refractivity contribution in [1.82, 2.24) is 25.2 Å². The fraction of sp³-hybridized carbons (Fsp3) is 0.444. The first-order valence-electron chi connectivity index (χ1n) is 13.0. The Bertz CT molecular complexity index is 1300. The first-order chi connectivity index (χ1) is 19.1. The van der Waals surface area contributed by atoms with Crippen molar-refractivity contribution >= 4 is 34.0 Å². The fourth-order valence-electron chi connectivity index (χ4n) is 4.57. The van der Waals surface area contributed by atoms with E-state index in [2.05, 4.69) is 25.6 Å². The number of thiazole rings is 1. The number of aliphatic hydroxyl groups is 1. The summed E-state index contributed by atoms with van der Waals surface area (Å²) in [5, 5.41) is 15.5. The van der Waals surface area contributed by atoms with E-state index in [1.807, 2.05) is 6.92 Å². The van der Waals surface area contributed by atoms with Crippen molar-refractivity contribution in [3.63, 3.8) is 0 Å². The molecule has 0 spiro atoms. The lowest BCUT2D eigenvalue weighted by Gasteiger charge is -2.19. The highest BCUT2D eigenvalue weighted by Gasteiger charge is 2.30. The van der Waals surface area contributed by atoms with E-state index in [4.69, 9.17) is 5.11 Å². The molecule has 0 bridgehead atoms. The van der Waals surface area contributed by atoms with Crippen LogP contribution in [0.25, 0.3) is 0 Å². The summed E-state index contributed by atoms with van der Waals surface area (Å²) in [7, 11) is 0. The molecular weight excluding hydrogens is 545 g/mol. The summed E-state index contributed by atoms with van der Waals surface area (Å²) < 4.78 is 38.3. The molecule has 0 radical (unpaired) electrons. The molecule has 0 aliphatic carbocycles. The van der Waals surface area contributed by atoms with Crippen LogP contribution in [0, 0.1) is 5.92 Å². The van der Waals surface area contributed by atoms with E-state index in [-0.39, 0.29) is 23.6 Å². The van der Waals surface area contributed by atoms with Crippen LogP contribution in [0.1, 0.15) is 65.3 Å². The zero-order valence-electron chi connectivity index (χ0n) is 21.9. The molecule has 1 aliphatic heterocycles. The molecule has 2 unspecified atom stereocenters. The van der Waals surface area contributed by atoms with E-state index in [9.17, 15) is 22.8 Å². The number of aromatic nitrogens is 3. The standard InChI is InChI=1S/C27H31F3N6O3S/c1-17(23-14-31-26(40-23)35-20-8-5-19(6-9-20)27(28,29)30)34-25(39)22-13-21(32-16-33-22)7-4-18-3-2-11-36(12-10-18)24(38)15-37/h5-6,8-9,13-14,16-18,37H,2-4,7,10-12,15H2,1H3,(H,31,35)(H,34,39). The van der Waals surface area contributed by atoms with Crippen LogP contribution in [-0.4, -0.2) is 56.5 Å². The third-order valence-electron chi connectivity index (χ3n) is 6.86. The molecule has 1 saturated heterocycles. The van der Waals surface area contributed by atoms with Gasteiger partial charge in [-0.05, 0) is 75.3 Å². The molecule has 40 heavy (non-hydrogen) atoms. The van der Waals surface area contributed by atoms with Crippen molar-refractivity contribution in [2.24, 2.45) is 5.92 Å². The number of aliphatic hydroxyl groups excluding tert-OH is 1. The number of carbonyl (C=O) groups excluding carboxylic acids is 2. The van der Waals surface area contributed by atoms with Gasteiger partial charge >= 0.3 is 6.18 Å². The first kappa shape index (κ1) is 29.4. The molecule has 214 valence electrons. The third kappa shape index (κ3) is 7.98. The maximum atomic E-state index is 12.9. The Kier molecular flexibility index (Phi) is 9.69. The fourth-order valence-corrected chi connectivity index (χ4v) is 5.40. The molecule has 1 aliphatic rings. The maximum absolute atomic E-state index is 12.9. The Hall–Kier alpha value is -3.58. The van der Waals surface area contributed by atoms with Gasteiger partial charge < -0.3 is 20.6 Å². The number of amides is 2. The van der Waals surface area contributed by atoms with E-state index in [1.165, 1.54) is 29.8 Å². The summed E-state index contributed by atoms with van der Waals surface area (Å²) in [6.45, 7) is 2.65. The summed E-state index contributed by atoms with van der Waals surface area (Å²) in [5.41, 5.74) is 0.764. The minimum absolute atomic E-state index is 0.230. The minimum atomic E-state index is -4.40. The molecule has 0 saturated carbocycles. The number of likely N-dealkylation sites (tertiary alicyclic amines) is 1. The summed E-state index contributed by atoms with van der Waals surface area (Å²) in [6.07, 6.45) is 2.91. The van der Waals surface area contributed by atoms with Gasteiger partial charge in [0, 0.05) is 35.5 Å². The van der Waals surface area contributed by atoms with Crippen LogP contribution < -0.4 is 10.6 Å². The number of nitrogens with one attached hydrogen (secondary N) is 2. The number of aryl methyl sites for hydroxylation is 1. The maximum Gasteiger partial charge on any atom is 0.416 e. The zero-order chi connectivity index (χ0) is 28.7. The molecular formula is C27H31F3N6O3S. The second-order valence-electron chi connectivity index (χ2n) is 9.73. The van der Waals surface area contributed by atoms with Gasteiger partial charge in [0.1, 0.15) is 18.6 Å². The Labute approximate surface area is 233 Å². The molecule has 4 rings (SSSR count). The molecule has 2 amide bonds. The van der Waals surface area contributed by atoms with E-state index in [1.54, 1.807) is 17.2 Å². The van der Waals surface area contributed by atoms with Gasteiger partial charge in [0.2, 0.25) is 5.91 Å². The molecule has 3 heterocycles. The van der Waals surface area contributed by atoms with Gasteiger partial charge in [-0.2, -0.15) is 13.2 Å². The molecule has 13 heteroatoms. The van der Waals surface area contributed by atoms with Crippen molar-refractivity contribution in [1.29, 1.82) is 0 Å². The van der Waals surface area contributed by atoms with Crippen molar-refractivity contribution in [2.45, 2.75) is 51.2 Å². The number of alkyl halides is 3. The molecule has 9 nitrogen and oxygen atoms in total. The molecule has 3 aromatic rings. The summed E-state index contributed by atoms with van der Waals surface area (Å²) in [5.74, 6) is -0.152. The van der Waals surface area contributed by atoms with Crippen molar-refractivity contribution < 1.29 is 27.9 Å². The van der Waals surface area contributed by atoms with Crippen LogP contribution in [0.3, 0.4) is 0 Å². The first-order valence-corrected chi connectivity index (χ1v) is 13.8. The van der Waals surface area contributed by atoms with Crippen LogP contribution in [0.15, 0.2) is 42.9 Å². The highest BCUT2D eigenvalue weighted by molar-refractivity contribution is 7.15. The van der Waals surface area contributed by atoms with E-state index < -0.39 is 18.3 Å². The Balaban J connectivity index is 1.28. The van der Waals surface area contributed by atoms with Crippen LogP contribution >= 0.6 is 11.3 Å². The van der Waals surface area contributed by atoms with Crippen LogP contribution in [-0.2, 0) is 17.4 Å². The Morgan fingerprint density at radius 3 is 2.65 bits per heavy atom. The number of rotatable bonds is 9. The van der Waals surface area contributed by atoms with E-state index in [0.29, 0.717) is 36.2 Å². The number of benzene rings is 1. The number of hydrogen-bond acceptors (Lipinski definition) is 8. The van der Waals surface area contributed by atoms with Gasteiger partial charge in [0.05, 0.1) is 11.6 Å². The third-order valence-corrected chi connectivity index (χ3v) is 7.96. The zero-order valence-corrected chi connectivity index (χ0v) is 22.8. The number of nitrogens with zero attached hydrogens (tertiary/aromatic N) is 4. The molecule has 1 fully saturated rings. The highest BCUT2D eigenvalue weighted by Crippen LogP contribution is 2.31. The number of anilines is 2. The van der Waals surface area contributed by atoms with Crippen LogP contribution in [0.2, 0.25) is 0 Å². The summed E-state index contributed by atoms with van der Waals surface area (Å²) >= 11 is 1.28. The smallest absolute Gasteiger partial charge is 0.387 e. The van der Waals surface area contributed by atoms with Gasteiger partial charge in [-0.25, -0.2) is 15.0 Å². The predicted molar refractivity (Wildman–Crippen MR) is 144 cm³/mol. The summed E-state index contributed by atoms with van der Waals surface area (Å²) in [4.78, 5) is 39.8. The molecule has 2 atom stereocenters. The lowest BCUT2D eigenvalue weighted by molar-refractivity contribution is -0.137. The highest BCUT2D eigenvalue weighted by atomic mass is 32.1. The van der Waals surface area contributed by atoms with E-state index in [0.717, 1.165) is 48.4 Å². The topological polar surface area (TPSA) is 120 Å². The van der Waals surface area contributed by atoms with E-state index >= 15 is 0 Å². The van der Waals surface area contributed by atoms with Crippen molar-refractivity contribution in [3.8, 4) is 0 Å². The van der Waals surface area contributed by atoms with Gasteiger partial charge in [-0.1, -0.05) is 11.3 Å². The minimum Gasteiger partial charge on any atom is -0.387 e. The Morgan fingerprint density at radius 2 is 1.93 bits per heavy atom. The molecule has 3 N–H and O–H groups in total. The van der Waals surface area contributed by atoms with Crippen LogP contribution in [0.4, 0.5) is 24.0 Å². The number of hydrogen-bond donors (Lipinski definition) is 3. The van der Waals surface area contributed by atoms with Gasteiger partial charge in [0.15, 0.2) is 5.13 Å². The van der Waals surface area contributed by atoms with Crippen LogP contribution in [0.5, 0.6) is 0 Å². The quantitative estimate of drug-likeness (QED) is 0.337. The van der Waals surface area contributed by atoms with Gasteiger partial charge in [-0.15, -0.1) is 0 Å². The summed E-state index contributed by atoms with van der Waals surface area (Å²) in [6, 6.07) is 5.99. The lowest BCUT2D eigenvalue weighted by Crippen LogP contribution is -2.34. The average Bonchev–Trinajstić information content (AvgIpc) is 3.28.